The van der Waals surface area contributed by atoms with Crippen molar-refractivity contribution in [2.24, 2.45) is 5.73 Å². The summed E-state index contributed by atoms with van der Waals surface area (Å²) in [5.74, 6) is 0.0213. The van der Waals surface area contributed by atoms with E-state index in [2.05, 4.69) is 0 Å². The number of hydrogen-bond donors (Lipinski definition) is 1. The predicted octanol–water partition coefficient (Wildman–Crippen LogP) is 1.84. The van der Waals surface area contributed by atoms with Gasteiger partial charge in [-0.2, -0.15) is 0 Å². The van der Waals surface area contributed by atoms with E-state index in [9.17, 15) is 4.79 Å². The van der Waals surface area contributed by atoms with Gasteiger partial charge in [0.05, 0.1) is 0 Å². The molecule has 0 spiro atoms. The van der Waals surface area contributed by atoms with Crippen molar-refractivity contribution in [3.63, 3.8) is 0 Å². The van der Waals surface area contributed by atoms with Crippen LogP contribution in [0.2, 0.25) is 0 Å². The Morgan fingerprint density at radius 2 is 1.88 bits per heavy atom. The van der Waals surface area contributed by atoms with E-state index in [1.54, 1.807) is 11.9 Å². The van der Waals surface area contributed by atoms with Crippen molar-refractivity contribution in [1.29, 1.82) is 0 Å². The number of halogens is 1. The molecular weight excluding hydrogens is 224 g/mol. The van der Waals surface area contributed by atoms with Crippen LogP contribution in [0.3, 0.4) is 0 Å². The van der Waals surface area contributed by atoms with Crippen LogP contribution in [0, 0.1) is 6.92 Å². The molecule has 2 N–H and O–H groups in total. The molecule has 1 aromatic rings. The molecule has 0 aliphatic carbocycles. The minimum absolute atomic E-state index is 0. The lowest BCUT2D eigenvalue weighted by atomic mass is 10.1. The van der Waals surface area contributed by atoms with Crippen LogP contribution in [0.15, 0.2) is 24.3 Å². The van der Waals surface area contributed by atoms with Crippen molar-refractivity contribution in [2.75, 3.05) is 13.6 Å². The van der Waals surface area contributed by atoms with Crippen LogP contribution in [0.1, 0.15) is 22.8 Å². The highest BCUT2D eigenvalue weighted by atomic mass is 35.5. The lowest BCUT2D eigenvalue weighted by Gasteiger charge is -2.23. The molecule has 1 aromatic carbocycles. The predicted molar refractivity (Wildman–Crippen MR) is 69.0 cm³/mol. The largest absolute Gasteiger partial charge is 0.338 e. The van der Waals surface area contributed by atoms with E-state index >= 15 is 0 Å². The zero-order valence-electron chi connectivity index (χ0n) is 9.93. The topological polar surface area (TPSA) is 46.3 Å². The van der Waals surface area contributed by atoms with Crippen LogP contribution in [-0.2, 0) is 0 Å². The summed E-state index contributed by atoms with van der Waals surface area (Å²) >= 11 is 0. The number of nitrogens with zero attached hydrogens (tertiary/aromatic N) is 1. The van der Waals surface area contributed by atoms with E-state index in [0.717, 1.165) is 5.56 Å². The van der Waals surface area contributed by atoms with Crippen molar-refractivity contribution in [1.82, 2.24) is 4.90 Å². The number of likely N-dealkylation sites (N-methyl/N-ethyl adjacent to an activating group) is 1. The fraction of sp³-hybridized carbons (Fsp3) is 0.417. The molecule has 0 aliphatic heterocycles. The standard InChI is InChI=1S/C12H18N2O.ClH/c1-9-4-6-11(7-5-9)12(15)14(3)10(2)8-13;/h4-7,10H,8,13H2,1-3H3;1H. The number of nitrogens with two attached hydrogens (primary N) is 1. The molecule has 0 heterocycles. The summed E-state index contributed by atoms with van der Waals surface area (Å²) in [6.45, 7) is 4.42. The summed E-state index contributed by atoms with van der Waals surface area (Å²) in [6, 6.07) is 7.63. The highest BCUT2D eigenvalue weighted by Gasteiger charge is 2.15. The summed E-state index contributed by atoms with van der Waals surface area (Å²) in [5, 5.41) is 0. The summed E-state index contributed by atoms with van der Waals surface area (Å²) in [5.41, 5.74) is 7.38. The first-order valence-electron chi connectivity index (χ1n) is 5.10. The molecule has 0 fully saturated rings. The Morgan fingerprint density at radius 1 is 1.38 bits per heavy atom. The Morgan fingerprint density at radius 3 is 2.31 bits per heavy atom. The van der Waals surface area contributed by atoms with Gasteiger partial charge in [0, 0.05) is 25.2 Å². The molecule has 1 amide bonds. The second-order valence-electron chi connectivity index (χ2n) is 3.87. The summed E-state index contributed by atoms with van der Waals surface area (Å²) in [4.78, 5) is 13.6. The van der Waals surface area contributed by atoms with E-state index in [-0.39, 0.29) is 24.4 Å². The quantitative estimate of drug-likeness (QED) is 0.879. The van der Waals surface area contributed by atoms with Crippen molar-refractivity contribution in [3.8, 4) is 0 Å². The molecule has 0 aromatic heterocycles. The summed E-state index contributed by atoms with van der Waals surface area (Å²) in [6.07, 6.45) is 0. The van der Waals surface area contributed by atoms with Gasteiger partial charge in [-0.05, 0) is 26.0 Å². The number of aryl methyl sites for hydroxylation is 1. The second kappa shape index (κ2) is 6.51. The maximum atomic E-state index is 11.9. The summed E-state index contributed by atoms with van der Waals surface area (Å²) in [7, 11) is 1.78. The molecular formula is C12H19ClN2O. The Bertz CT molecular complexity index is 337. The molecule has 16 heavy (non-hydrogen) atoms. The number of benzene rings is 1. The molecule has 0 saturated heterocycles. The maximum absolute atomic E-state index is 11.9. The molecule has 0 radical (unpaired) electrons. The van der Waals surface area contributed by atoms with E-state index in [4.69, 9.17) is 5.73 Å². The van der Waals surface area contributed by atoms with Gasteiger partial charge in [-0.1, -0.05) is 17.7 Å². The van der Waals surface area contributed by atoms with Gasteiger partial charge in [-0.25, -0.2) is 0 Å². The molecule has 4 heteroatoms. The minimum atomic E-state index is 0. The van der Waals surface area contributed by atoms with Crippen molar-refractivity contribution in [2.45, 2.75) is 19.9 Å². The molecule has 0 aliphatic rings. The Balaban J connectivity index is 0.00000225. The first-order valence-corrected chi connectivity index (χ1v) is 5.10. The third kappa shape index (κ3) is 3.51. The van der Waals surface area contributed by atoms with Gasteiger partial charge in [0.1, 0.15) is 0 Å². The molecule has 0 bridgehead atoms. The smallest absolute Gasteiger partial charge is 0.253 e. The summed E-state index contributed by atoms with van der Waals surface area (Å²) < 4.78 is 0. The lowest BCUT2D eigenvalue weighted by Crippen LogP contribution is -2.39. The van der Waals surface area contributed by atoms with Gasteiger partial charge < -0.3 is 10.6 Å². The van der Waals surface area contributed by atoms with E-state index < -0.39 is 0 Å². The highest BCUT2D eigenvalue weighted by molar-refractivity contribution is 5.94. The Hall–Kier alpha value is -1.06. The van der Waals surface area contributed by atoms with Crippen molar-refractivity contribution in [3.05, 3.63) is 35.4 Å². The average Bonchev–Trinajstić information content (AvgIpc) is 2.27. The monoisotopic (exact) mass is 242 g/mol. The zero-order valence-corrected chi connectivity index (χ0v) is 10.8. The third-order valence-corrected chi connectivity index (χ3v) is 2.62. The normalized spacial score (nSPS) is 11.5. The highest BCUT2D eigenvalue weighted by Crippen LogP contribution is 2.07. The van der Waals surface area contributed by atoms with Gasteiger partial charge in [-0.3, -0.25) is 4.79 Å². The third-order valence-electron chi connectivity index (χ3n) is 2.62. The fourth-order valence-corrected chi connectivity index (χ4v) is 1.26. The minimum Gasteiger partial charge on any atom is -0.338 e. The van der Waals surface area contributed by atoms with Crippen LogP contribution in [0.25, 0.3) is 0 Å². The first kappa shape index (κ1) is 14.9. The van der Waals surface area contributed by atoms with Crippen LogP contribution < -0.4 is 5.73 Å². The van der Waals surface area contributed by atoms with Crippen LogP contribution in [0.4, 0.5) is 0 Å². The molecule has 1 rings (SSSR count). The lowest BCUT2D eigenvalue weighted by molar-refractivity contribution is 0.0748. The number of carbonyl (C=O) groups is 1. The molecule has 1 unspecified atom stereocenters. The van der Waals surface area contributed by atoms with Crippen LogP contribution >= 0.6 is 12.4 Å². The first-order chi connectivity index (χ1) is 7.06. The molecule has 0 saturated carbocycles. The average molecular weight is 243 g/mol. The van der Waals surface area contributed by atoms with Gasteiger partial charge in [-0.15, -0.1) is 12.4 Å². The van der Waals surface area contributed by atoms with Crippen molar-refractivity contribution < 1.29 is 4.79 Å². The van der Waals surface area contributed by atoms with Crippen LogP contribution in [0.5, 0.6) is 0 Å². The van der Waals surface area contributed by atoms with Gasteiger partial charge in [0.15, 0.2) is 0 Å². The Labute approximate surface area is 103 Å². The van der Waals surface area contributed by atoms with E-state index in [0.29, 0.717) is 12.1 Å². The SMILES string of the molecule is Cc1ccc(C(=O)N(C)C(C)CN)cc1.Cl. The van der Waals surface area contributed by atoms with Crippen LogP contribution in [-0.4, -0.2) is 30.4 Å². The number of amides is 1. The molecule has 90 valence electrons. The second-order valence-corrected chi connectivity index (χ2v) is 3.87. The fourth-order valence-electron chi connectivity index (χ4n) is 1.26. The molecule has 3 nitrogen and oxygen atoms in total. The zero-order chi connectivity index (χ0) is 11.4. The Kier molecular flexibility index (Phi) is 6.08. The van der Waals surface area contributed by atoms with Gasteiger partial charge in [0.2, 0.25) is 0 Å². The number of rotatable bonds is 3. The van der Waals surface area contributed by atoms with E-state index in [1.807, 2.05) is 38.1 Å². The van der Waals surface area contributed by atoms with Crippen molar-refractivity contribution >= 4 is 18.3 Å². The molecule has 1 atom stereocenters. The maximum Gasteiger partial charge on any atom is 0.253 e. The van der Waals surface area contributed by atoms with E-state index in [1.165, 1.54) is 0 Å². The number of carbonyl (C=O) groups excluding carboxylic acids is 1. The number of hydrogen-bond acceptors (Lipinski definition) is 2. The van der Waals surface area contributed by atoms with Gasteiger partial charge in [0.25, 0.3) is 5.91 Å². The van der Waals surface area contributed by atoms with Gasteiger partial charge >= 0.3 is 0 Å².